The van der Waals surface area contributed by atoms with Crippen LogP contribution in [0.2, 0.25) is 0 Å². The first kappa shape index (κ1) is 14.7. The van der Waals surface area contributed by atoms with E-state index in [0.717, 1.165) is 12.8 Å². The summed E-state index contributed by atoms with van der Waals surface area (Å²) in [4.78, 5) is 24.2. The number of hydrogen-bond donors (Lipinski definition) is 4. The summed E-state index contributed by atoms with van der Waals surface area (Å²) >= 11 is 0. The molecular weight excluding hydrogens is 240 g/mol. The Morgan fingerprint density at radius 3 is 2.67 bits per heavy atom. The number of likely N-dealkylation sites (tertiary alicyclic amines) is 1. The lowest BCUT2D eigenvalue weighted by Gasteiger charge is -2.26. The maximum atomic E-state index is 11.9. The van der Waals surface area contributed by atoms with Crippen molar-refractivity contribution < 1.29 is 24.9 Å². The molecule has 0 aromatic heterocycles. The van der Waals surface area contributed by atoms with Crippen molar-refractivity contribution in [2.45, 2.75) is 37.8 Å². The molecule has 1 rings (SSSR count). The van der Waals surface area contributed by atoms with Crippen LogP contribution in [0.15, 0.2) is 0 Å². The topological polar surface area (TPSA) is 110 Å². The second-order valence-corrected chi connectivity index (χ2v) is 4.38. The molecule has 0 aromatic carbocycles. The fraction of sp³-hybridized carbons (Fsp3) is 0.818. The molecule has 0 aromatic rings. The summed E-state index contributed by atoms with van der Waals surface area (Å²) in [5.74, 6) is -1.25. The number of nitrogens with one attached hydrogen (secondary N) is 1. The molecule has 1 saturated heterocycles. The minimum Gasteiger partial charge on any atom is -0.480 e. The molecule has 0 bridgehead atoms. The van der Waals surface area contributed by atoms with Gasteiger partial charge < -0.3 is 25.5 Å². The van der Waals surface area contributed by atoms with Crippen molar-refractivity contribution in [3.63, 3.8) is 0 Å². The van der Waals surface area contributed by atoms with Gasteiger partial charge in [-0.25, -0.2) is 9.59 Å². The van der Waals surface area contributed by atoms with Crippen LogP contribution >= 0.6 is 0 Å². The largest absolute Gasteiger partial charge is 0.480 e. The van der Waals surface area contributed by atoms with Crippen LogP contribution in [0, 0.1) is 0 Å². The first-order chi connectivity index (χ1) is 8.60. The van der Waals surface area contributed by atoms with Crippen molar-refractivity contribution in [2.75, 3.05) is 19.8 Å². The number of carboxylic acid groups (broad SMARTS) is 1. The van der Waals surface area contributed by atoms with Crippen LogP contribution in [0.1, 0.15) is 25.7 Å². The summed E-state index contributed by atoms with van der Waals surface area (Å²) in [6.45, 7) is 0.0380. The molecule has 0 saturated carbocycles. The van der Waals surface area contributed by atoms with Gasteiger partial charge in [-0.15, -0.1) is 0 Å². The second kappa shape index (κ2) is 7.17. The van der Waals surface area contributed by atoms with Gasteiger partial charge in [-0.2, -0.15) is 0 Å². The summed E-state index contributed by atoms with van der Waals surface area (Å²) in [7, 11) is 0. The molecule has 1 heterocycles. The SMILES string of the molecule is O=C(O)C(CO)NC(=O)N1CCCC1CCCO. The van der Waals surface area contributed by atoms with Gasteiger partial charge in [-0.05, 0) is 25.7 Å². The quantitative estimate of drug-likeness (QED) is 0.508. The third kappa shape index (κ3) is 3.85. The zero-order valence-electron chi connectivity index (χ0n) is 10.2. The van der Waals surface area contributed by atoms with E-state index in [4.69, 9.17) is 15.3 Å². The second-order valence-electron chi connectivity index (χ2n) is 4.38. The van der Waals surface area contributed by atoms with E-state index in [1.807, 2.05) is 0 Å². The highest BCUT2D eigenvalue weighted by molar-refractivity contribution is 5.82. The zero-order chi connectivity index (χ0) is 13.5. The predicted molar refractivity (Wildman–Crippen MR) is 63.1 cm³/mol. The third-order valence-electron chi connectivity index (χ3n) is 3.11. The molecule has 2 unspecified atom stereocenters. The number of carbonyl (C=O) groups excluding carboxylic acids is 1. The van der Waals surface area contributed by atoms with E-state index in [1.165, 1.54) is 0 Å². The van der Waals surface area contributed by atoms with E-state index < -0.39 is 24.6 Å². The van der Waals surface area contributed by atoms with Crippen LogP contribution in [-0.4, -0.2) is 64.1 Å². The van der Waals surface area contributed by atoms with Gasteiger partial charge >= 0.3 is 12.0 Å². The number of rotatable bonds is 6. The van der Waals surface area contributed by atoms with Crippen molar-refractivity contribution in [3.8, 4) is 0 Å². The number of urea groups is 1. The molecule has 1 fully saturated rings. The van der Waals surface area contributed by atoms with E-state index in [-0.39, 0.29) is 12.6 Å². The zero-order valence-corrected chi connectivity index (χ0v) is 10.2. The maximum absolute atomic E-state index is 11.9. The summed E-state index contributed by atoms with van der Waals surface area (Å²) < 4.78 is 0. The summed E-state index contributed by atoms with van der Waals surface area (Å²) in [6.07, 6.45) is 3.07. The van der Waals surface area contributed by atoms with Crippen LogP contribution < -0.4 is 5.32 Å². The summed E-state index contributed by atoms with van der Waals surface area (Å²) in [6, 6.07) is -1.68. The standard InChI is InChI=1S/C11H20N2O5/c14-6-2-4-8-3-1-5-13(8)11(18)12-9(7-15)10(16)17/h8-9,14-15H,1-7H2,(H,12,18)(H,16,17). The highest BCUT2D eigenvalue weighted by atomic mass is 16.4. The Morgan fingerprint density at radius 2 is 2.11 bits per heavy atom. The monoisotopic (exact) mass is 260 g/mol. The van der Waals surface area contributed by atoms with E-state index in [2.05, 4.69) is 5.32 Å². The van der Waals surface area contributed by atoms with Crippen molar-refractivity contribution in [1.82, 2.24) is 10.2 Å². The number of carboxylic acids is 1. The van der Waals surface area contributed by atoms with Crippen LogP contribution in [0.4, 0.5) is 4.79 Å². The van der Waals surface area contributed by atoms with Crippen molar-refractivity contribution in [2.24, 2.45) is 0 Å². The molecule has 7 heteroatoms. The molecule has 7 nitrogen and oxygen atoms in total. The lowest BCUT2D eigenvalue weighted by Crippen LogP contribution is -2.50. The van der Waals surface area contributed by atoms with Gasteiger partial charge in [0.1, 0.15) is 0 Å². The lowest BCUT2D eigenvalue weighted by atomic mass is 10.1. The van der Waals surface area contributed by atoms with Crippen LogP contribution in [0.25, 0.3) is 0 Å². The Bertz CT molecular complexity index is 297. The van der Waals surface area contributed by atoms with Gasteiger partial charge in [0, 0.05) is 19.2 Å². The molecule has 2 atom stereocenters. The number of hydrogen-bond acceptors (Lipinski definition) is 4. The minimum absolute atomic E-state index is 0.0466. The van der Waals surface area contributed by atoms with E-state index in [1.54, 1.807) is 4.90 Å². The fourth-order valence-corrected chi connectivity index (χ4v) is 2.15. The summed E-state index contributed by atoms with van der Waals surface area (Å²) in [5.41, 5.74) is 0. The average Bonchev–Trinajstić information content (AvgIpc) is 2.80. The molecule has 0 aliphatic carbocycles. The predicted octanol–water partition coefficient (Wildman–Crippen LogP) is -0.622. The Hall–Kier alpha value is -1.34. The Kier molecular flexibility index (Phi) is 5.87. The highest BCUT2D eigenvalue weighted by Gasteiger charge is 2.30. The maximum Gasteiger partial charge on any atom is 0.328 e. The van der Waals surface area contributed by atoms with Crippen LogP contribution in [-0.2, 0) is 4.79 Å². The van der Waals surface area contributed by atoms with Crippen LogP contribution in [0.5, 0.6) is 0 Å². The molecule has 4 N–H and O–H groups in total. The molecule has 2 amide bonds. The Labute approximate surface area is 105 Å². The van der Waals surface area contributed by atoms with Crippen molar-refractivity contribution in [3.05, 3.63) is 0 Å². The number of amides is 2. The van der Waals surface area contributed by atoms with Crippen molar-refractivity contribution in [1.29, 1.82) is 0 Å². The van der Waals surface area contributed by atoms with Gasteiger partial charge in [0.25, 0.3) is 0 Å². The van der Waals surface area contributed by atoms with E-state index in [0.29, 0.717) is 19.4 Å². The number of aliphatic hydroxyl groups is 2. The van der Waals surface area contributed by atoms with Gasteiger partial charge in [0.2, 0.25) is 0 Å². The molecular formula is C11H20N2O5. The van der Waals surface area contributed by atoms with Crippen molar-refractivity contribution >= 4 is 12.0 Å². The smallest absolute Gasteiger partial charge is 0.328 e. The lowest BCUT2D eigenvalue weighted by molar-refractivity contribution is -0.140. The number of carbonyl (C=O) groups is 2. The fourth-order valence-electron chi connectivity index (χ4n) is 2.15. The van der Waals surface area contributed by atoms with Gasteiger partial charge in [0.15, 0.2) is 6.04 Å². The Balaban J connectivity index is 2.51. The number of aliphatic hydroxyl groups excluding tert-OH is 2. The van der Waals surface area contributed by atoms with Gasteiger partial charge in [0.05, 0.1) is 6.61 Å². The van der Waals surface area contributed by atoms with Gasteiger partial charge in [-0.1, -0.05) is 0 Å². The van der Waals surface area contributed by atoms with E-state index >= 15 is 0 Å². The average molecular weight is 260 g/mol. The van der Waals surface area contributed by atoms with E-state index in [9.17, 15) is 9.59 Å². The first-order valence-corrected chi connectivity index (χ1v) is 6.11. The third-order valence-corrected chi connectivity index (χ3v) is 3.11. The minimum atomic E-state index is -1.27. The van der Waals surface area contributed by atoms with Gasteiger partial charge in [-0.3, -0.25) is 0 Å². The normalized spacial score (nSPS) is 20.8. The number of nitrogens with zero attached hydrogens (tertiary/aromatic N) is 1. The molecule has 104 valence electrons. The first-order valence-electron chi connectivity index (χ1n) is 6.11. The van der Waals surface area contributed by atoms with Crippen LogP contribution in [0.3, 0.4) is 0 Å². The molecule has 18 heavy (non-hydrogen) atoms. The molecule has 1 aliphatic rings. The molecule has 0 radical (unpaired) electrons. The Morgan fingerprint density at radius 1 is 1.39 bits per heavy atom. The highest BCUT2D eigenvalue weighted by Crippen LogP contribution is 2.21. The summed E-state index contributed by atoms with van der Waals surface area (Å²) in [5, 5.41) is 28.7. The number of aliphatic carboxylic acids is 1. The molecule has 1 aliphatic heterocycles. The molecule has 0 spiro atoms.